The molecule has 9 rings (SSSR count). The summed E-state index contributed by atoms with van der Waals surface area (Å²) >= 11 is 0. The Balaban J connectivity index is 1.19. The number of fused-ring (bicyclic) bond motifs is 8. The van der Waals surface area contributed by atoms with Crippen LogP contribution >= 0.6 is 0 Å². The van der Waals surface area contributed by atoms with Crippen molar-refractivity contribution < 1.29 is 4.57 Å². The van der Waals surface area contributed by atoms with E-state index in [1.807, 2.05) is 73.2 Å². The van der Waals surface area contributed by atoms with Crippen LogP contribution < -0.4 is 4.57 Å². The van der Waals surface area contributed by atoms with Gasteiger partial charge in [0.1, 0.15) is 6.54 Å². The summed E-state index contributed by atoms with van der Waals surface area (Å²) in [4.78, 5) is 32.8. The lowest BCUT2D eigenvalue weighted by atomic mass is 10.0. The van der Waals surface area contributed by atoms with Crippen molar-refractivity contribution in [1.82, 2.24) is 34.9 Å². The Morgan fingerprint density at radius 3 is 1.20 bits per heavy atom. The quantitative estimate of drug-likeness (QED) is 0.0796. The number of aromatic nitrogens is 8. The number of nitrogens with one attached hydrogen (secondary N) is 2. The second kappa shape index (κ2) is 18.4. The smallest absolute Gasteiger partial charge is 0.169 e. The summed E-state index contributed by atoms with van der Waals surface area (Å²) in [6, 6.07) is 30.9. The first-order valence-electron chi connectivity index (χ1n) is 21.6. The van der Waals surface area contributed by atoms with Crippen molar-refractivity contribution in [3.63, 3.8) is 0 Å². The Labute approximate surface area is 352 Å². The number of rotatable bonds is 15. The minimum absolute atomic E-state index is 0.806. The van der Waals surface area contributed by atoms with Crippen LogP contribution in [0.2, 0.25) is 0 Å². The van der Waals surface area contributed by atoms with Gasteiger partial charge in [0.15, 0.2) is 12.4 Å². The number of hydrogen-bond donors (Lipinski definition) is 2. The van der Waals surface area contributed by atoms with Crippen LogP contribution in [0, 0.1) is 0 Å². The number of H-pyrrole nitrogens is 2. The van der Waals surface area contributed by atoms with Crippen molar-refractivity contribution in [2.75, 3.05) is 0 Å². The lowest BCUT2D eigenvalue weighted by Crippen LogP contribution is -2.32. The van der Waals surface area contributed by atoms with Gasteiger partial charge in [-0.2, -0.15) is 0 Å². The number of aryl methyl sites for hydroxylation is 1. The lowest BCUT2D eigenvalue weighted by Gasteiger charge is -2.06. The van der Waals surface area contributed by atoms with Crippen molar-refractivity contribution >= 4 is 46.4 Å². The first-order valence-corrected chi connectivity index (χ1v) is 21.6. The Morgan fingerprint density at radius 1 is 0.417 bits per heavy atom. The summed E-state index contributed by atoms with van der Waals surface area (Å²) in [6.07, 6.45) is 31.6. The van der Waals surface area contributed by atoms with E-state index in [9.17, 15) is 0 Å². The molecule has 8 heteroatoms. The van der Waals surface area contributed by atoms with E-state index in [4.69, 9.17) is 24.9 Å². The molecule has 0 atom stereocenters. The van der Waals surface area contributed by atoms with Crippen molar-refractivity contribution in [3.05, 3.63) is 145 Å². The molecule has 0 amide bonds. The highest BCUT2D eigenvalue weighted by molar-refractivity contribution is 5.98. The van der Waals surface area contributed by atoms with Gasteiger partial charge in [0.25, 0.3) is 0 Å². The van der Waals surface area contributed by atoms with Gasteiger partial charge in [-0.1, -0.05) is 76.5 Å². The molecular weight excluding hydrogens is 737 g/mol. The van der Waals surface area contributed by atoms with Gasteiger partial charge in [-0.15, -0.1) is 0 Å². The number of aromatic amines is 2. The molecule has 7 aromatic rings. The SMILES string of the molecule is CCCCCCCCCCCC[n+]1ccc(-c2c3nc(c(-c4ccccn4)c4ccc([nH]4)c(-c4ccccn4)c4nc(c(-c5ccccn5)c5ccc2[nH]5)C=C4)C=C3)cc1. The van der Waals surface area contributed by atoms with Gasteiger partial charge in [0.05, 0.1) is 56.4 Å². The van der Waals surface area contributed by atoms with Crippen LogP contribution in [0.25, 0.3) is 91.3 Å². The molecule has 0 aromatic carbocycles. The summed E-state index contributed by atoms with van der Waals surface area (Å²) < 4.78 is 2.31. The van der Waals surface area contributed by atoms with Crippen LogP contribution in [0.1, 0.15) is 93.9 Å². The summed E-state index contributed by atoms with van der Waals surface area (Å²) in [6.45, 7) is 3.29. The van der Waals surface area contributed by atoms with Crippen molar-refractivity contribution in [3.8, 4) is 44.9 Å². The maximum Gasteiger partial charge on any atom is 0.169 e. The van der Waals surface area contributed by atoms with Gasteiger partial charge < -0.3 is 9.97 Å². The molecule has 2 aliphatic rings. The van der Waals surface area contributed by atoms with Crippen LogP contribution in [0.5, 0.6) is 0 Å². The first-order chi connectivity index (χ1) is 29.7. The molecule has 2 aliphatic heterocycles. The third-order valence-corrected chi connectivity index (χ3v) is 11.5. The number of hydrogen-bond acceptors (Lipinski definition) is 5. The predicted molar refractivity (Wildman–Crippen MR) is 246 cm³/mol. The molecule has 0 saturated heterocycles. The third-order valence-electron chi connectivity index (χ3n) is 11.5. The molecule has 60 heavy (non-hydrogen) atoms. The van der Waals surface area contributed by atoms with E-state index < -0.39 is 0 Å². The molecule has 0 fully saturated rings. The summed E-state index contributed by atoms with van der Waals surface area (Å²) in [5, 5.41) is 0. The van der Waals surface area contributed by atoms with Gasteiger partial charge in [0, 0.05) is 64.9 Å². The average Bonchev–Trinajstić information content (AvgIpc) is 4.14. The standard InChI is InChI=1S/C52H50N8/c1-2-3-4-5-6-7-8-9-10-17-34-60-35-29-37(30-36-60)49-41-21-23-43(56-41)50(38-18-11-14-31-53-38)45-25-27-47(58-45)52(40-20-13-16-33-55-40)48-28-26-46(59-48)51(39-19-12-15-32-54-39)44-24-22-42(49)57-44/h11-16,18-33,35-36H,2-10,17,34H2,1H3,(H,56,57,58,59)/p+1. The van der Waals surface area contributed by atoms with Gasteiger partial charge in [0.2, 0.25) is 0 Å². The maximum atomic E-state index is 5.41. The van der Waals surface area contributed by atoms with E-state index in [1.54, 1.807) is 0 Å². The molecule has 0 aliphatic carbocycles. The Hall–Kier alpha value is -6.80. The molecule has 8 nitrogen and oxygen atoms in total. The van der Waals surface area contributed by atoms with E-state index in [0.717, 1.165) is 96.3 Å². The molecule has 7 aromatic heterocycles. The Bertz CT molecular complexity index is 2750. The second-order valence-corrected chi connectivity index (χ2v) is 15.7. The number of nitrogens with zero attached hydrogens (tertiary/aromatic N) is 6. The van der Waals surface area contributed by atoms with E-state index >= 15 is 0 Å². The summed E-state index contributed by atoms with van der Waals surface area (Å²) in [5.41, 5.74) is 14.3. The maximum absolute atomic E-state index is 5.41. The van der Waals surface area contributed by atoms with E-state index in [2.05, 4.69) is 94.6 Å². The van der Waals surface area contributed by atoms with Crippen LogP contribution in [-0.2, 0) is 6.54 Å². The fourth-order valence-electron chi connectivity index (χ4n) is 8.40. The molecule has 2 N–H and O–H groups in total. The van der Waals surface area contributed by atoms with Crippen molar-refractivity contribution in [2.24, 2.45) is 0 Å². The monoisotopic (exact) mass is 787 g/mol. The predicted octanol–water partition coefficient (Wildman–Crippen LogP) is 12.7. The molecule has 0 unspecified atom stereocenters. The van der Waals surface area contributed by atoms with E-state index in [0.29, 0.717) is 0 Å². The van der Waals surface area contributed by atoms with Crippen molar-refractivity contribution in [1.29, 1.82) is 0 Å². The van der Waals surface area contributed by atoms with Gasteiger partial charge in [-0.3, -0.25) is 15.0 Å². The van der Waals surface area contributed by atoms with Crippen LogP contribution in [-0.4, -0.2) is 34.9 Å². The Kier molecular flexibility index (Phi) is 11.9. The largest absolute Gasteiger partial charge is 0.354 e. The van der Waals surface area contributed by atoms with E-state index in [1.165, 1.54) is 64.2 Å². The summed E-state index contributed by atoms with van der Waals surface area (Å²) in [7, 11) is 0. The molecule has 0 radical (unpaired) electrons. The normalized spacial score (nSPS) is 12.0. The fourth-order valence-corrected chi connectivity index (χ4v) is 8.40. The van der Waals surface area contributed by atoms with Crippen LogP contribution in [0.15, 0.2) is 122 Å². The van der Waals surface area contributed by atoms with Crippen LogP contribution in [0.4, 0.5) is 0 Å². The highest BCUT2D eigenvalue weighted by Crippen LogP contribution is 2.37. The van der Waals surface area contributed by atoms with Gasteiger partial charge in [-0.25, -0.2) is 14.5 Å². The minimum atomic E-state index is 0.806. The summed E-state index contributed by atoms with van der Waals surface area (Å²) in [5.74, 6) is 0. The third kappa shape index (κ3) is 8.50. The molecular formula is C52H51N8+. The topological polar surface area (TPSA) is 99.9 Å². The first kappa shape index (κ1) is 38.7. The zero-order valence-corrected chi connectivity index (χ0v) is 34.3. The van der Waals surface area contributed by atoms with Gasteiger partial charge in [-0.05, 0) is 97.0 Å². The van der Waals surface area contributed by atoms with Crippen molar-refractivity contribution in [2.45, 2.75) is 77.7 Å². The molecule has 8 bridgehead atoms. The second-order valence-electron chi connectivity index (χ2n) is 15.7. The van der Waals surface area contributed by atoms with E-state index in [-0.39, 0.29) is 0 Å². The van der Waals surface area contributed by atoms with Crippen LogP contribution in [0.3, 0.4) is 0 Å². The average molecular weight is 788 g/mol. The highest BCUT2D eigenvalue weighted by Gasteiger charge is 2.20. The Morgan fingerprint density at radius 2 is 0.800 bits per heavy atom. The van der Waals surface area contributed by atoms with Gasteiger partial charge >= 0.3 is 0 Å². The minimum Gasteiger partial charge on any atom is -0.354 e. The highest BCUT2D eigenvalue weighted by atomic mass is 14.9. The number of unbranched alkanes of at least 4 members (excludes halogenated alkanes) is 9. The number of pyridine rings is 4. The lowest BCUT2D eigenvalue weighted by molar-refractivity contribution is -0.697. The fraction of sp³-hybridized carbons (Fsp3) is 0.231. The molecule has 0 saturated carbocycles. The molecule has 0 spiro atoms. The zero-order valence-electron chi connectivity index (χ0n) is 34.3. The molecule has 298 valence electrons. The zero-order chi connectivity index (χ0) is 40.5. The molecule has 9 heterocycles.